The van der Waals surface area contributed by atoms with Crippen molar-refractivity contribution in [2.24, 2.45) is 13.0 Å². The molecule has 0 aromatic carbocycles. The van der Waals surface area contributed by atoms with Gasteiger partial charge in [0.25, 0.3) is 5.91 Å². The SMILES string of the molecule is CN(CC1CCN(c2ncccc2C#N)CC1)C(=O)c1cn(C)cn1. The van der Waals surface area contributed by atoms with Gasteiger partial charge in [-0.05, 0) is 30.9 Å². The zero-order valence-corrected chi connectivity index (χ0v) is 14.6. The Balaban J connectivity index is 1.56. The lowest BCUT2D eigenvalue weighted by atomic mass is 9.96. The molecule has 25 heavy (non-hydrogen) atoms. The fourth-order valence-corrected chi connectivity index (χ4v) is 3.25. The third-order valence-electron chi connectivity index (χ3n) is 4.62. The molecular weight excluding hydrogens is 316 g/mol. The van der Waals surface area contributed by atoms with Crippen molar-refractivity contribution in [1.29, 1.82) is 5.26 Å². The molecule has 0 atom stereocenters. The van der Waals surface area contributed by atoms with Gasteiger partial charge in [0.05, 0.1) is 11.9 Å². The van der Waals surface area contributed by atoms with Crippen LogP contribution in [0.5, 0.6) is 0 Å². The number of amides is 1. The maximum atomic E-state index is 12.4. The van der Waals surface area contributed by atoms with E-state index in [1.807, 2.05) is 14.1 Å². The maximum Gasteiger partial charge on any atom is 0.273 e. The number of piperidine rings is 1. The van der Waals surface area contributed by atoms with E-state index >= 15 is 0 Å². The van der Waals surface area contributed by atoms with Crippen LogP contribution in [0.1, 0.15) is 28.9 Å². The summed E-state index contributed by atoms with van der Waals surface area (Å²) in [7, 11) is 3.68. The highest BCUT2D eigenvalue weighted by Crippen LogP contribution is 2.24. The second kappa shape index (κ2) is 7.34. The molecule has 130 valence electrons. The zero-order chi connectivity index (χ0) is 17.8. The summed E-state index contributed by atoms with van der Waals surface area (Å²) in [5.74, 6) is 1.17. The molecule has 3 rings (SSSR count). The van der Waals surface area contributed by atoms with Gasteiger partial charge in [-0.3, -0.25) is 4.79 Å². The van der Waals surface area contributed by atoms with E-state index in [4.69, 9.17) is 0 Å². The van der Waals surface area contributed by atoms with Crippen molar-refractivity contribution in [3.63, 3.8) is 0 Å². The standard InChI is InChI=1S/C18H22N6O/c1-22-12-16(21-13-22)18(25)23(2)11-14-5-8-24(9-6-14)17-15(10-19)4-3-7-20-17/h3-4,7,12-14H,5-6,8-9,11H2,1-2H3. The minimum atomic E-state index is -0.0421. The van der Waals surface area contributed by atoms with Crippen LogP contribution >= 0.6 is 0 Å². The summed E-state index contributed by atoms with van der Waals surface area (Å²) in [6, 6.07) is 5.79. The second-order valence-corrected chi connectivity index (χ2v) is 6.53. The van der Waals surface area contributed by atoms with Crippen LogP contribution < -0.4 is 4.90 Å². The molecule has 0 bridgehead atoms. The van der Waals surface area contributed by atoms with Crippen molar-refractivity contribution in [3.05, 3.63) is 42.1 Å². The predicted molar refractivity (Wildman–Crippen MR) is 94.1 cm³/mol. The normalized spacial score (nSPS) is 15.0. The predicted octanol–water partition coefficient (Wildman–Crippen LogP) is 1.68. The molecule has 1 fully saturated rings. The Labute approximate surface area is 147 Å². The van der Waals surface area contributed by atoms with Crippen LogP contribution in [0.3, 0.4) is 0 Å². The molecule has 7 nitrogen and oxygen atoms in total. The van der Waals surface area contributed by atoms with E-state index in [9.17, 15) is 10.1 Å². The summed E-state index contributed by atoms with van der Waals surface area (Å²) in [6.07, 6.45) is 7.05. The molecule has 0 radical (unpaired) electrons. The van der Waals surface area contributed by atoms with Crippen molar-refractivity contribution < 1.29 is 4.79 Å². The van der Waals surface area contributed by atoms with Gasteiger partial charge in [-0.1, -0.05) is 0 Å². The molecule has 2 aromatic rings. The van der Waals surface area contributed by atoms with Crippen molar-refractivity contribution in [2.75, 3.05) is 31.6 Å². The first kappa shape index (κ1) is 17.0. The number of hydrogen-bond donors (Lipinski definition) is 0. The number of rotatable bonds is 4. The fraction of sp³-hybridized carbons (Fsp3) is 0.444. The number of aryl methyl sites for hydroxylation is 1. The van der Waals surface area contributed by atoms with Crippen molar-refractivity contribution >= 4 is 11.7 Å². The van der Waals surface area contributed by atoms with Gasteiger partial charge in [-0.2, -0.15) is 5.26 Å². The summed E-state index contributed by atoms with van der Waals surface area (Å²) in [5.41, 5.74) is 1.10. The third-order valence-corrected chi connectivity index (χ3v) is 4.62. The molecule has 1 saturated heterocycles. The summed E-state index contributed by atoms with van der Waals surface area (Å²) >= 11 is 0. The lowest BCUT2D eigenvalue weighted by Gasteiger charge is -2.34. The third kappa shape index (κ3) is 3.79. The first-order chi connectivity index (χ1) is 12.1. The Morgan fingerprint density at radius 3 is 2.80 bits per heavy atom. The molecule has 0 saturated carbocycles. The fourth-order valence-electron chi connectivity index (χ4n) is 3.25. The summed E-state index contributed by atoms with van der Waals surface area (Å²) in [5, 5.41) is 9.22. The monoisotopic (exact) mass is 338 g/mol. The Bertz CT molecular complexity index is 785. The van der Waals surface area contributed by atoms with Gasteiger partial charge in [0.2, 0.25) is 0 Å². The van der Waals surface area contributed by atoms with Gasteiger partial charge >= 0.3 is 0 Å². The number of nitriles is 1. The van der Waals surface area contributed by atoms with Crippen LogP contribution in [0.2, 0.25) is 0 Å². The summed E-state index contributed by atoms with van der Waals surface area (Å²) in [4.78, 5) is 24.8. The van der Waals surface area contributed by atoms with Gasteiger partial charge in [-0.25, -0.2) is 9.97 Å². The highest BCUT2D eigenvalue weighted by atomic mass is 16.2. The van der Waals surface area contributed by atoms with E-state index in [1.54, 1.807) is 40.3 Å². The van der Waals surface area contributed by atoms with Crippen LogP contribution in [0.4, 0.5) is 5.82 Å². The maximum absolute atomic E-state index is 12.4. The van der Waals surface area contributed by atoms with E-state index in [-0.39, 0.29) is 5.91 Å². The quantitative estimate of drug-likeness (QED) is 0.847. The molecule has 0 unspecified atom stereocenters. The lowest BCUT2D eigenvalue weighted by molar-refractivity contribution is 0.0759. The number of hydrogen-bond acceptors (Lipinski definition) is 5. The summed E-state index contributed by atoms with van der Waals surface area (Å²) in [6.45, 7) is 2.42. The molecule has 1 aliphatic heterocycles. The van der Waals surface area contributed by atoms with Gasteiger partial charge in [0, 0.05) is 46.1 Å². The number of anilines is 1. The number of imidazole rings is 1. The lowest BCUT2D eigenvalue weighted by Crippen LogP contribution is -2.40. The molecule has 0 N–H and O–H groups in total. The molecular formula is C18H22N6O. The average molecular weight is 338 g/mol. The van der Waals surface area contributed by atoms with E-state index in [0.717, 1.165) is 38.3 Å². The van der Waals surface area contributed by atoms with Gasteiger partial charge < -0.3 is 14.4 Å². The van der Waals surface area contributed by atoms with E-state index in [1.165, 1.54) is 0 Å². The Kier molecular flexibility index (Phi) is 4.98. The topological polar surface area (TPSA) is 78.0 Å². The zero-order valence-electron chi connectivity index (χ0n) is 14.6. The molecule has 0 spiro atoms. The minimum absolute atomic E-state index is 0.0421. The van der Waals surface area contributed by atoms with Crippen LogP contribution in [0.15, 0.2) is 30.9 Å². The smallest absolute Gasteiger partial charge is 0.273 e. The van der Waals surface area contributed by atoms with Crippen LogP contribution in [-0.4, -0.2) is 52.0 Å². The molecule has 2 aromatic heterocycles. The van der Waals surface area contributed by atoms with Crippen molar-refractivity contribution in [3.8, 4) is 6.07 Å². The Morgan fingerprint density at radius 1 is 1.40 bits per heavy atom. The van der Waals surface area contributed by atoms with Gasteiger partial charge in [0.1, 0.15) is 17.6 Å². The number of carbonyl (C=O) groups is 1. The minimum Gasteiger partial charge on any atom is -0.356 e. The first-order valence-electron chi connectivity index (χ1n) is 8.42. The summed E-state index contributed by atoms with van der Waals surface area (Å²) < 4.78 is 1.78. The first-order valence-corrected chi connectivity index (χ1v) is 8.42. The van der Waals surface area contributed by atoms with Crippen molar-refractivity contribution in [1.82, 2.24) is 19.4 Å². The number of carbonyl (C=O) groups excluding carboxylic acids is 1. The van der Waals surface area contributed by atoms with Crippen molar-refractivity contribution in [2.45, 2.75) is 12.8 Å². The van der Waals surface area contributed by atoms with Gasteiger partial charge in [0.15, 0.2) is 0 Å². The molecule has 3 heterocycles. The molecule has 7 heteroatoms. The number of pyridine rings is 1. The van der Waals surface area contributed by atoms with Crippen LogP contribution in [0.25, 0.3) is 0 Å². The van der Waals surface area contributed by atoms with Gasteiger partial charge in [-0.15, -0.1) is 0 Å². The van der Waals surface area contributed by atoms with E-state index in [2.05, 4.69) is 20.9 Å². The Morgan fingerprint density at radius 2 is 2.16 bits per heavy atom. The number of aromatic nitrogens is 3. The molecule has 1 aliphatic rings. The highest BCUT2D eigenvalue weighted by molar-refractivity contribution is 5.91. The number of nitrogens with zero attached hydrogens (tertiary/aromatic N) is 6. The Hall–Kier alpha value is -2.88. The largest absolute Gasteiger partial charge is 0.356 e. The van der Waals surface area contributed by atoms with Crippen LogP contribution in [-0.2, 0) is 7.05 Å². The van der Waals surface area contributed by atoms with E-state index in [0.29, 0.717) is 17.2 Å². The molecule has 0 aliphatic carbocycles. The van der Waals surface area contributed by atoms with Crippen LogP contribution in [0, 0.1) is 17.2 Å². The highest BCUT2D eigenvalue weighted by Gasteiger charge is 2.24. The van der Waals surface area contributed by atoms with E-state index < -0.39 is 0 Å². The molecule has 1 amide bonds. The second-order valence-electron chi connectivity index (χ2n) is 6.53. The average Bonchev–Trinajstić information content (AvgIpc) is 3.08.